The number of hydrogen-bond acceptors (Lipinski definition) is 5. The van der Waals surface area contributed by atoms with E-state index in [-0.39, 0.29) is 6.61 Å². The van der Waals surface area contributed by atoms with E-state index in [1.165, 1.54) is 18.5 Å². The van der Waals surface area contributed by atoms with Crippen molar-refractivity contribution in [1.29, 1.82) is 0 Å². The fraction of sp³-hybridized carbons (Fsp3) is 0.231. The third kappa shape index (κ3) is 3.72. The molecule has 0 amide bonds. The maximum atomic E-state index is 11.8. The van der Waals surface area contributed by atoms with Crippen molar-refractivity contribution in [2.24, 2.45) is 0 Å². The Morgan fingerprint density at radius 2 is 2.05 bits per heavy atom. The van der Waals surface area contributed by atoms with Crippen LogP contribution < -0.4 is 0 Å². The minimum atomic E-state index is -0.482. The third-order valence-electron chi connectivity index (χ3n) is 2.31. The number of rotatable bonds is 3. The maximum Gasteiger partial charge on any atom is 0.340 e. The van der Waals surface area contributed by atoms with Crippen LogP contribution in [0.4, 0.5) is 0 Å². The fourth-order valence-electron chi connectivity index (χ4n) is 1.61. The summed E-state index contributed by atoms with van der Waals surface area (Å²) in [6, 6.07) is 3.28. The predicted molar refractivity (Wildman–Crippen MR) is 69.9 cm³/mol. The predicted octanol–water partition coefficient (Wildman–Crippen LogP) is 2.50. The lowest BCUT2D eigenvalue weighted by atomic mass is 10.3. The summed E-state index contributed by atoms with van der Waals surface area (Å²) in [7, 11) is 0. The molecule has 0 N–H and O–H groups in total. The van der Waals surface area contributed by atoms with E-state index in [1.807, 2.05) is 6.92 Å². The van der Waals surface area contributed by atoms with Crippen LogP contribution in [-0.4, -0.2) is 20.9 Å². The minimum absolute atomic E-state index is 0.0928. The Hall–Kier alpha value is -2.01. The molecule has 0 atom stereocenters. The van der Waals surface area contributed by atoms with E-state index < -0.39 is 5.97 Å². The normalized spacial score (nSPS) is 10.3. The Kier molecular flexibility index (Phi) is 4.06. The summed E-state index contributed by atoms with van der Waals surface area (Å²) in [6.45, 7) is 3.75. The number of aromatic nitrogens is 3. The minimum Gasteiger partial charge on any atom is -0.456 e. The smallest absolute Gasteiger partial charge is 0.340 e. The van der Waals surface area contributed by atoms with Gasteiger partial charge in [-0.3, -0.25) is 4.98 Å². The number of hydrogen-bond donors (Lipinski definition) is 0. The molecule has 2 rings (SSSR count). The van der Waals surface area contributed by atoms with Gasteiger partial charge in [0.15, 0.2) is 0 Å². The van der Waals surface area contributed by atoms with Gasteiger partial charge < -0.3 is 4.74 Å². The molecule has 0 fully saturated rings. The number of halogens is 1. The maximum absolute atomic E-state index is 11.8. The van der Waals surface area contributed by atoms with Gasteiger partial charge in [-0.15, -0.1) is 0 Å². The summed E-state index contributed by atoms with van der Waals surface area (Å²) < 4.78 is 5.15. The van der Waals surface area contributed by atoms with Crippen molar-refractivity contribution < 1.29 is 9.53 Å². The molecule has 2 aromatic heterocycles. The number of carbonyl (C=O) groups is 1. The molecular formula is C13H12ClN3O2. The van der Waals surface area contributed by atoms with Crippen molar-refractivity contribution >= 4 is 17.6 Å². The monoisotopic (exact) mass is 277 g/mol. The number of nitrogens with zero attached hydrogens (tertiary/aromatic N) is 3. The molecule has 0 aromatic carbocycles. The van der Waals surface area contributed by atoms with Crippen LogP contribution in [0.5, 0.6) is 0 Å². The summed E-state index contributed by atoms with van der Waals surface area (Å²) in [6.07, 6.45) is 2.86. The van der Waals surface area contributed by atoms with E-state index in [0.29, 0.717) is 22.1 Å². The molecule has 0 unspecified atom stereocenters. The second-order valence-electron chi connectivity index (χ2n) is 4.02. The molecule has 0 aliphatic carbocycles. The van der Waals surface area contributed by atoms with Gasteiger partial charge in [-0.2, -0.15) is 0 Å². The molecule has 0 bridgehead atoms. The van der Waals surface area contributed by atoms with Crippen LogP contribution in [-0.2, 0) is 11.3 Å². The summed E-state index contributed by atoms with van der Waals surface area (Å²) in [4.78, 5) is 23.9. The highest BCUT2D eigenvalue weighted by molar-refractivity contribution is 6.30. The lowest BCUT2D eigenvalue weighted by Gasteiger charge is -2.05. The zero-order chi connectivity index (χ0) is 13.8. The number of carbonyl (C=O) groups excluding carboxylic acids is 1. The van der Waals surface area contributed by atoms with Crippen LogP contribution >= 0.6 is 11.6 Å². The van der Waals surface area contributed by atoms with Crippen molar-refractivity contribution in [2.75, 3.05) is 0 Å². The summed E-state index contributed by atoms with van der Waals surface area (Å²) in [5, 5.41) is 0.392. The van der Waals surface area contributed by atoms with Crippen LogP contribution in [0.15, 0.2) is 24.5 Å². The first-order valence-electron chi connectivity index (χ1n) is 5.63. The van der Waals surface area contributed by atoms with Crippen molar-refractivity contribution in [3.05, 3.63) is 52.3 Å². The lowest BCUT2D eigenvalue weighted by Crippen LogP contribution is -2.07. The van der Waals surface area contributed by atoms with Crippen LogP contribution in [0.25, 0.3) is 0 Å². The highest BCUT2D eigenvalue weighted by Gasteiger charge is 2.09. The zero-order valence-electron chi connectivity index (χ0n) is 10.6. The molecule has 19 heavy (non-hydrogen) atoms. The number of esters is 1. The average molecular weight is 278 g/mol. The molecule has 0 aliphatic heterocycles. The number of aryl methyl sites for hydroxylation is 2. The van der Waals surface area contributed by atoms with Gasteiger partial charge in [0, 0.05) is 18.1 Å². The Labute approximate surface area is 115 Å². The molecule has 0 saturated heterocycles. The number of pyridine rings is 1. The molecule has 0 spiro atoms. The van der Waals surface area contributed by atoms with Crippen molar-refractivity contribution in [3.63, 3.8) is 0 Å². The zero-order valence-corrected chi connectivity index (χ0v) is 11.3. The fourth-order valence-corrected chi connectivity index (χ4v) is 1.79. The lowest BCUT2D eigenvalue weighted by molar-refractivity contribution is 0.0466. The van der Waals surface area contributed by atoms with Crippen LogP contribution in [0.2, 0.25) is 5.02 Å². The second kappa shape index (κ2) is 5.75. The van der Waals surface area contributed by atoms with Gasteiger partial charge in [-0.1, -0.05) is 11.6 Å². The van der Waals surface area contributed by atoms with Crippen molar-refractivity contribution in [1.82, 2.24) is 15.0 Å². The highest BCUT2D eigenvalue weighted by atomic mass is 35.5. The van der Waals surface area contributed by atoms with Gasteiger partial charge in [0.25, 0.3) is 0 Å². The van der Waals surface area contributed by atoms with Crippen LogP contribution in [0.1, 0.15) is 27.6 Å². The molecule has 0 saturated carbocycles. The Balaban J connectivity index is 2.04. The Morgan fingerprint density at radius 3 is 2.74 bits per heavy atom. The van der Waals surface area contributed by atoms with Crippen molar-refractivity contribution in [2.45, 2.75) is 20.5 Å². The van der Waals surface area contributed by atoms with Gasteiger partial charge in [0.2, 0.25) is 0 Å². The molecular weight excluding hydrogens is 266 g/mol. The summed E-state index contributed by atoms with van der Waals surface area (Å²) >= 11 is 5.76. The Morgan fingerprint density at radius 1 is 1.26 bits per heavy atom. The summed E-state index contributed by atoms with van der Waals surface area (Å²) in [5.41, 5.74) is 1.81. The van der Waals surface area contributed by atoms with Gasteiger partial charge in [0.1, 0.15) is 12.4 Å². The van der Waals surface area contributed by atoms with Gasteiger partial charge in [-0.05, 0) is 26.0 Å². The molecule has 5 nitrogen and oxygen atoms in total. The highest BCUT2D eigenvalue weighted by Crippen LogP contribution is 2.10. The first-order chi connectivity index (χ1) is 9.04. The Bertz CT molecular complexity index is 596. The largest absolute Gasteiger partial charge is 0.456 e. The molecule has 2 aromatic rings. The SMILES string of the molecule is Cc1cc(COC(=O)c2cncc(Cl)c2)nc(C)n1. The first kappa shape index (κ1) is 13.4. The third-order valence-corrected chi connectivity index (χ3v) is 2.52. The summed E-state index contributed by atoms with van der Waals surface area (Å²) in [5.74, 6) is 0.166. The molecule has 98 valence electrons. The standard InChI is InChI=1S/C13H12ClN3O2/c1-8-3-12(17-9(2)16-8)7-19-13(18)10-4-11(14)6-15-5-10/h3-6H,7H2,1-2H3. The molecule has 2 heterocycles. The van der Waals surface area contributed by atoms with E-state index in [9.17, 15) is 4.79 Å². The van der Waals surface area contributed by atoms with Crippen molar-refractivity contribution in [3.8, 4) is 0 Å². The molecule has 0 aliphatic rings. The van der Waals surface area contributed by atoms with Gasteiger partial charge in [0.05, 0.1) is 16.3 Å². The van der Waals surface area contributed by atoms with E-state index in [4.69, 9.17) is 16.3 Å². The van der Waals surface area contributed by atoms with E-state index in [1.54, 1.807) is 13.0 Å². The topological polar surface area (TPSA) is 65.0 Å². The quantitative estimate of drug-likeness (QED) is 0.807. The first-order valence-corrected chi connectivity index (χ1v) is 6.01. The van der Waals surface area contributed by atoms with Gasteiger partial charge >= 0.3 is 5.97 Å². The van der Waals surface area contributed by atoms with E-state index in [2.05, 4.69) is 15.0 Å². The molecule has 6 heteroatoms. The van der Waals surface area contributed by atoms with E-state index >= 15 is 0 Å². The second-order valence-corrected chi connectivity index (χ2v) is 4.45. The van der Waals surface area contributed by atoms with Crippen LogP contribution in [0, 0.1) is 13.8 Å². The average Bonchev–Trinajstić information content (AvgIpc) is 2.35. The molecule has 0 radical (unpaired) electrons. The van der Waals surface area contributed by atoms with Crippen LogP contribution in [0.3, 0.4) is 0 Å². The number of ether oxygens (including phenoxy) is 1. The van der Waals surface area contributed by atoms with Gasteiger partial charge in [-0.25, -0.2) is 14.8 Å². The van der Waals surface area contributed by atoms with E-state index in [0.717, 1.165) is 5.69 Å².